The Bertz CT molecular complexity index is 1590. The molecule has 0 aliphatic rings. The maximum atomic E-state index is 13.7. The van der Waals surface area contributed by atoms with Crippen molar-refractivity contribution >= 4 is 32.7 Å². The molecular weight excluding hydrogens is 542 g/mol. The van der Waals surface area contributed by atoms with Crippen LogP contribution in [0.15, 0.2) is 71.2 Å². The zero-order valence-electron chi connectivity index (χ0n) is 22.3. The van der Waals surface area contributed by atoms with E-state index in [2.05, 4.69) is 55.6 Å². The summed E-state index contributed by atoms with van der Waals surface area (Å²) >= 11 is 3.71. The summed E-state index contributed by atoms with van der Waals surface area (Å²) in [6.07, 6.45) is 0. The second kappa shape index (κ2) is 10.5. The first-order valence-corrected chi connectivity index (χ1v) is 13.4. The van der Waals surface area contributed by atoms with Crippen molar-refractivity contribution in [3.63, 3.8) is 0 Å². The van der Waals surface area contributed by atoms with E-state index in [-0.39, 0.29) is 12.6 Å². The Morgan fingerprint density at radius 1 is 0.842 bits per heavy atom. The number of amides is 1. The highest BCUT2D eigenvalue weighted by Crippen LogP contribution is 2.36. The minimum absolute atomic E-state index is 0.160. The van der Waals surface area contributed by atoms with Gasteiger partial charge in [0.2, 0.25) is 0 Å². The molecule has 0 spiro atoms. The Labute approximate surface area is 231 Å². The van der Waals surface area contributed by atoms with Gasteiger partial charge in [-0.25, -0.2) is 0 Å². The fraction of sp³-hybridized carbons (Fsp3) is 0.233. The van der Waals surface area contributed by atoms with Crippen molar-refractivity contribution in [3.8, 4) is 5.75 Å². The number of aromatic nitrogens is 3. The Kier molecular flexibility index (Phi) is 7.08. The molecule has 0 aliphatic carbocycles. The van der Waals surface area contributed by atoms with Crippen molar-refractivity contribution in [2.45, 2.75) is 41.2 Å². The van der Waals surface area contributed by atoms with Crippen LogP contribution in [0.5, 0.6) is 5.75 Å². The molecule has 0 unspecified atom stereocenters. The second-order valence-electron chi connectivity index (χ2n) is 9.62. The summed E-state index contributed by atoms with van der Waals surface area (Å²) < 4.78 is 13.0. The number of hydrogen-bond donors (Lipinski definition) is 2. The summed E-state index contributed by atoms with van der Waals surface area (Å²) in [6, 6.07) is 22.4. The van der Waals surface area contributed by atoms with E-state index in [0.29, 0.717) is 17.9 Å². The number of hydrogen-bond acceptors (Lipinski definition) is 3. The first kappa shape index (κ1) is 25.7. The fourth-order valence-corrected chi connectivity index (χ4v) is 5.38. The van der Waals surface area contributed by atoms with Crippen LogP contribution in [0.2, 0.25) is 0 Å². The Morgan fingerprint density at radius 3 is 2.08 bits per heavy atom. The molecule has 2 aromatic carbocycles. The monoisotopic (exact) mass is 573 g/mol. The Morgan fingerprint density at radius 2 is 1.45 bits per heavy atom. The number of ether oxygens (including phenoxy) is 1. The molecular formula is C30H32BrN5O2. The molecule has 0 atom stereocenters. The van der Waals surface area contributed by atoms with Gasteiger partial charge in [-0.2, -0.15) is 0 Å². The molecule has 3 heterocycles. The molecule has 5 aromatic rings. The van der Waals surface area contributed by atoms with E-state index >= 15 is 0 Å². The van der Waals surface area contributed by atoms with Crippen LogP contribution in [0.1, 0.15) is 44.4 Å². The number of nitrogens with zero attached hydrogens (tertiary/aromatic N) is 3. The molecule has 0 aliphatic heterocycles. The summed E-state index contributed by atoms with van der Waals surface area (Å²) in [6.45, 7) is 11.0. The number of carbonyl (C=O) groups excluding carboxylic acids is 1. The number of nitrogens with one attached hydrogen (secondary N) is 2. The van der Waals surface area contributed by atoms with Crippen LogP contribution in [-0.4, -0.2) is 26.6 Å². The number of aryl methyl sites for hydroxylation is 4. The molecule has 2 N–H and O–H groups in total. The Balaban J connectivity index is 1.54. The van der Waals surface area contributed by atoms with E-state index < -0.39 is 0 Å². The minimum atomic E-state index is -0.160. The molecule has 0 fully saturated rings. The van der Waals surface area contributed by atoms with Crippen LogP contribution in [-0.2, 0) is 6.54 Å². The van der Waals surface area contributed by atoms with Gasteiger partial charge in [0, 0.05) is 40.4 Å². The lowest BCUT2D eigenvalue weighted by Gasteiger charge is -2.15. The molecule has 196 valence electrons. The molecule has 7 nitrogen and oxygen atoms in total. The van der Waals surface area contributed by atoms with E-state index in [1.54, 1.807) is 0 Å². The summed E-state index contributed by atoms with van der Waals surface area (Å²) in [4.78, 5) is 13.7. The number of fused-ring (bicyclic) bond motifs is 1. The van der Waals surface area contributed by atoms with E-state index in [9.17, 15) is 4.79 Å². The third-order valence-corrected chi connectivity index (χ3v) is 7.61. The molecule has 1 amide bonds. The van der Waals surface area contributed by atoms with Crippen LogP contribution >= 0.6 is 15.9 Å². The van der Waals surface area contributed by atoms with Gasteiger partial charge in [-0.1, -0.05) is 30.3 Å². The first-order chi connectivity index (χ1) is 18.2. The van der Waals surface area contributed by atoms with Gasteiger partial charge in [0.25, 0.3) is 5.91 Å². The summed E-state index contributed by atoms with van der Waals surface area (Å²) in [5, 5.41) is 0.838. The molecule has 0 bridgehead atoms. The highest BCUT2D eigenvalue weighted by atomic mass is 79.9. The van der Waals surface area contributed by atoms with E-state index in [4.69, 9.17) is 4.74 Å². The normalized spacial score (nSPS) is 11.2. The first-order valence-electron chi connectivity index (χ1n) is 12.6. The Hall–Kier alpha value is -3.91. The molecule has 5 rings (SSSR count). The largest absolute Gasteiger partial charge is 0.471 e. The quantitative estimate of drug-likeness (QED) is 0.206. The second-order valence-corrected chi connectivity index (χ2v) is 10.5. The van der Waals surface area contributed by atoms with Gasteiger partial charge in [0.1, 0.15) is 5.75 Å². The molecule has 0 saturated carbocycles. The predicted molar refractivity (Wildman–Crippen MR) is 156 cm³/mol. The van der Waals surface area contributed by atoms with Crippen molar-refractivity contribution < 1.29 is 9.53 Å². The molecule has 38 heavy (non-hydrogen) atoms. The highest BCUT2D eigenvalue weighted by molar-refractivity contribution is 9.10. The summed E-state index contributed by atoms with van der Waals surface area (Å²) in [5.74, 6) is 0.499. The number of carbonyl (C=O) groups is 1. The molecule has 0 radical (unpaired) electrons. The van der Waals surface area contributed by atoms with Gasteiger partial charge < -0.3 is 9.30 Å². The minimum Gasteiger partial charge on any atom is -0.471 e. The zero-order chi connectivity index (χ0) is 27.0. The van der Waals surface area contributed by atoms with Gasteiger partial charge >= 0.3 is 0 Å². The van der Waals surface area contributed by atoms with E-state index in [0.717, 1.165) is 49.4 Å². The van der Waals surface area contributed by atoms with Crippen molar-refractivity contribution in [3.05, 3.63) is 111 Å². The average molecular weight is 575 g/mol. The van der Waals surface area contributed by atoms with E-state index in [1.807, 2.05) is 86.4 Å². The summed E-state index contributed by atoms with van der Waals surface area (Å²) in [5.41, 5.74) is 14.2. The maximum absolute atomic E-state index is 13.7. The molecule has 0 saturated heterocycles. The van der Waals surface area contributed by atoms with E-state index in [1.165, 1.54) is 0 Å². The lowest BCUT2D eigenvalue weighted by molar-refractivity contribution is 0.101. The zero-order valence-corrected chi connectivity index (χ0v) is 23.9. The van der Waals surface area contributed by atoms with Crippen molar-refractivity contribution in [2.24, 2.45) is 0 Å². The third kappa shape index (κ3) is 4.84. The van der Waals surface area contributed by atoms with Crippen LogP contribution in [0.3, 0.4) is 0 Å². The average Bonchev–Trinajstić information content (AvgIpc) is 3.48. The predicted octanol–water partition coefficient (Wildman–Crippen LogP) is 6.56. The van der Waals surface area contributed by atoms with Gasteiger partial charge in [0.05, 0.1) is 15.6 Å². The number of halogens is 1. The van der Waals surface area contributed by atoms with Gasteiger partial charge in [0.15, 0.2) is 6.73 Å². The van der Waals surface area contributed by atoms with Gasteiger partial charge in [-0.15, -0.1) is 0 Å². The molecule has 3 aromatic heterocycles. The van der Waals surface area contributed by atoms with Crippen molar-refractivity contribution in [1.82, 2.24) is 13.9 Å². The SMILES string of the molecule is Cc1ccc(C)n1NCOc1cc2c(C(=O)Nn3c(C)ccc3C)c(C)n(Cc3ccccc3)c2cc1Br. The van der Waals surface area contributed by atoms with Crippen molar-refractivity contribution in [2.75, 3.05) is 17.6 Å². The standard InChI is InChI=1S/C30H32BrN5O2/c1-19-11-12-20(2)35(19)32-18-38-28-15-25-27(16-26(28)31)34(17-24-9-7-6-8-10-24)23(5)29(25)30(37)33-36-21(3)13-14-22(36)4/h6-16,32H,17-18H2,1-5H3,(H,33,37). The number of benzene rings is 2. The lowest BCUT2D eigenvalue weighted by atomic mass is 10.1. The van der Waals surface area contributed by atoms with Gasteiger partial charge in [-0.3, -0.25) is 25.0 Å². The lowest BCUT2D eigenvalue weighted by Crippen LogP contribution is -2.25. The number of rotatable bonds is 8. The smallest absolute Gasteiger partial charge is 0.272 e. The fourth-order valence-electron chi connectivity index (χ4n) is 4.94. The van der Waals surface area contributed by atoms with Crippen LogP contribution in [0.4, 0.5) is 0 Å². The van der Waals surface area contributed by atoms with Crippen LogP contribution in [0.25, 0.3) is 10.9 Å². The van der Waals surface area contributed by atoms with Crippen molar-refractivity contribution in [1.29, 1.82) is 0 Å². The van der Waals surface area contributed by atoms with Crippen LogP contribution in [0, 0.1) is 34.6 Å². The molecule has 8 heteroatoms. The maximum Gasteiger partial charge on any atom is 0.272 e. The topological polar surface area (TPSA) is 65.2 Å². The van der Waals surface area contributed by atoms with Gasteiger partial charge in [-0.05, 0) is 92.5 Å². The third-order valence-electron chi connectivity index (χ3n) is 6.99. The summed E-state index contributed by atoms with van der Waals surface area (Å²) in [7, 11) is 0. The van der Waals surface area contributed by atoms with Crippen LogP contribution < -0.4 is 15.6 Å². The highest BCUT2D eigenvalue weighted by Gasteiger charge is 2.23.